The third-order valence-corrected chi connectivity index (χ3v) is 2.44. The molecule has 1 atom stereocenters. The van der Waals surface area contributed by atoms with Crippen molar-refractivity contribution in [2.45, 2.75) is 12.6 Å². The number of hydrogen-bond donors (Lipinski definition) is 1. The molecule has 18 heavy (non-hydrogen) atoms. The molecule has 2 N–H and O–H groups in total. The second-order valence-electron chi connectivity index (χ2n) is 3.40. The minimum atomic E-state index is -0.806. The Bertz CT molecular complexity index is 655. The van der Waals surface area contributed by atoms with E-state index < -0.39 is 20.7 Å². The molecule has 0 aliphatic heterocycles. The van der Waals surface area contributed by atoms with Gasteiger partial charge in [0.15, 0.2) is 0 Å². The van der Waals surface area contributed by atoms with Crippen molar-refractivity contribution in [1.82, 2.24) is 19.5 Å². The summed E-state index contributed by atoms with van der Waals surface area (Å²) in [7, 11) is -0.427. The maximum absolute atomic E-state index is 12.7. The third kappa shape index (κ3) is 2.56. The number of nitrogens with two attached hydrogens (primary N) is 1. The van der Waals surface area contributed by atoms with Crippen LogP contribution in [0.15, 0.2) is 12.7 Å². The number of imidazole rings is 1. The van der Waals surface area contributed by atoms with Crippen molar-refractivity contribution in [3.05, 3.63) is 12.7 Å². The number of ether oxygens (including phenoxy) is 1. The summed E-state index contributed by atoms with van der Waals surface area (Å²) >= 11 is 0. The van der Waals surface area contributed by atoms with Gasteiger partial charge < -0.3 is 0 Å². The zero-order valence-corrected chi connectivity index (χ0v) is 10.0. The summed E-state index contributed by atoms with van der Waals surface area (Å²) in [4.78, 5) is 11.9. The van der Waals surface area contributed by atoms with Gasteiger partial charge in [0.1, 0.15) is 0 Å². The molecule has 2 heterocycles. The Labute approximate surface area is 102 Å². The molecular formula is C9H9FN5O2P. The van der Waals surface area contributed by atoms with Crippen molar-refractivity contribution in [3.63, 3.8) is 0 Å². The van der Waals surface area contributed by atoms with Gasteiger partial charge in [-0.05, 0) is 0 Å². The van der Waals surface area contributed by atoms with Crippen molar-refractivity contribution in [1.29, 1.82) is 0 Å². The Kier molecular flexibility index (Phi) is 4.04. The molecule has 94 valence electrons. The number of halogens is 1. The molecule has 0 fully saturated rings. The van der Waals surface area contributed by atoms with Gasteiger partial charge in [-0.3, -0.25) is 0 Å². The van der Waals surface area contributed by atoms with Crippen LogP contribution < -0.4 is 5.73 Å². The quantitative estimate of drug-likeness (QED) is 0.831. The summed E-state index contributed by atoms with van der Waals surface area (Å²) in [6.07, 6.45) is 1.96. The molecule has 7 nitrogen and oxygen atoms in total. The van der Waals surface area contributed by atoms with Crippen LogP contribution in [0.4, 0.5) is 10.2 Å². The van der Waals surface area contributed by atoms with Gasteiger partial charge in [-0.15, -0.1) is 0 Å². The molecular weight excluding hydrogens is 260 g/mol. The third-order valence-electron chi connectivity index (χ3n) is 2.26. The number of fused-ring (bicyclic) bond motifs is 1. The van der Waals surface area contributed by atoms with Gasteiger partial charge in [-0.2, -0.15) is 0 Å². The molecule has 0 amide bonds. The van der Waals surface area contributed by atoms with Gasteiger partial charge in [-0.1, -0.05) is 0 Å². The molecule has 0 aromatic carbocycles. The van der Waals surface area contributed by atoms with E-state index in [-0.39, 0.29) is 12.4 Å². The van der Waals surface area contributed by atoms with Crippen molar-refractivity contribution in [2.75, 3.05) is 12.4 Å². The number of nitrogen functional groups attached to an aromatic ring is 1. The van der Waals surface area contributed by atoms with Gasteiger partial charge in [0.25, 0.3) is 0 Å². The molecule has 9 heteroatoms. The Morgan fingerprint density at radius 3 is 3.11 bits per heavy atom. The topological polar surface area (TPSA) is 95.9 Å². The first-order chi connectivity index (χ1) is 8.76. The minimum absolute atomic E-state index is 0.159. The summed E-state index contributed by atoms with van der Waals surface area (Å²) in [6.45, 7) is -0.589. The van der Waals surface area contributed by atoms with E-state index in [4.69, 9.17) is 10.5 Å². The van der Waals surface area contributed by atoms with Gasteiger partial charge in [0.2, 0.25) is 0 Å². The predicted octanol–water partition coefficient (Wildman–Crippen LogP) is 0.972. The standard InChI is InChI=1S/C9H9FN5O2P/c10-1-6(17-5-18-16)2-15-4-14-7-8(11)12-3-13-9(7)15/h3-4,6H,1-2H2,(H2,11,12,13)/t6-/m0/s1. The summed E-state index contributed by atoms with van der Waals surface area (Å²) in [5.74, 6) is 2.31. The first-order valence-corrected chi connectivity index (χ1v) is 5.77. The predicted molar refractivity (Wildman–Crippen MR) is 62.1 cm³/mol. The Balaban J connectivity index is 2.27. The Hall–Kier alpha value is -1.75. The van der Waals surface area contributed by atoms with Gasteiger partial charge in [-0.25, -0.2) is 0 Å². The molecule has 2 aromatic heterocycles. The summed E-state index contributed by atoms with van der Waals surface area (Å²) in [6, 6.07) is 0. The molecule has 0 aliphatic carbocycles. The summed E-state index contributed by atoms with van der Waals surface area (Å²) in [5, 5.41) is 0. The average molecular weight is 269 g/mol. The molecule has 2 aromatic rings. The summed E-state index contributed by atoms with van der Waals surface area (Å²) in [5.41, 5.74) is 6.57. The van der Waals surface area contributed by atoms with E-state index in [9.17, 15) is 8.96 Å². The van der Waals surface area contributed by atoms with E-state index in [0.717, 1.165) is 0 Å². The number of rotatable bonds is 4. The fourth-order valence-electron chi connectivity index (χ4n) is 1.47. The molecule has 0 spiro atoms. The van der Waals surface area contributed by atoms with E-state index in [1.54, 1.807) is 4.57 Å². The van der Waals surface area contributed by atoms with E-state index in [0.29, 0.717) is 11.2 Å². The van der Waals surface area contributed by atoms with Crippen molar-refractivity contribution in [3.8, 4) is 5.81 Å². The molecule has 0 bridgehead atoms. The van der Waals surface area contributed by atoms with Crippen LogP contribution in [0.25, 0.3) is 11.2 Å². The van der Waals surface area contributed by atoms with Gasteiger partial charge in [0, 0.05) is 0 Å². The number of nitrogens with zero attached hydrogens (tertiary/aromatic N) is 4. The number of alkyl halides is 1. The Morgan fingerprint density at radius 1 is 1.56 bits per heavy atom. The average Bonchev–Trinajstić information content (AvgIpc) is 2.79. The molecule has 0 unspecified atom stereocenters. The van der Waals surface area contributed by atoms with Crippen LogP contribution in [0.5, 0.6) is 0 Å². The van der Waals surface area contributed by atoms with Crippen molar-refractivity contribution in [2.24, 2.45) is 0 Å². The van der Waals surface area contributed by atoms with E-state index >= 15 is 0 Å². The van der Waals surface area contributed by atoms with Crippen LogP contribution in [0.3, 0.4) is 0 Å². The zero-order chi connectivity index (χ0) is 13.0. The summed E-state index contributed by atoms with van der Waals surface area (Å²) < 4.78 is 29.3. The first-order valence-electron chi connectivity index (χ1n) is 4.96. The molecule has 0 saturated heterocycles. The second kappa shape index (κ2) is 5.73. The first kappa shape index (κ1) is 12.7. The monoisotopic (exact) mass is 269 g/mol. The van der Waals surface area contributed by atoms with Crippen LogP contribution in [0.1, 0.15) is 0 Å². The van der Waals surface area contributed by atoms with Gasteiger partial charge >= 0.3 is 102 Å². The number of anilines is 1. The van der Waals surface area contributed by atoms with E-state index in [1.807, 2.05) is 0 Å². The van der Waals surface area contributed by atoms with Crippen molar-refractivity contribution >= 4 is 24.9 Å². The Morgan fingerprint density at radius 2 is 2.39 bits per heavy atom. The fourth-order valence-corrected chi connectivity index (χ4v) is 1.66. The van der Waals surface area contributed by atoms with Crippen LogP contribution >= 0.6 is 7.92 Å². The normalized spacial score (nSPS) is 12.3. The molecule has 2 rings (SSSR count). The molecule has 0 aliphatic rings. The van der Waals surface area contributed by atoms with E-state index in [2.05, 4.69) is 20.8 Å². The van der Waals surface area contributed by atoms with E-state index in [1.165, 1.54) is 12.7 Å². The number of aromatic nitrogens is 4. The number of hydrogen-bond acceptors (Lipinski definition) is 6. The van der Waals surface area contributed by atoms with Crippen LogP contribution in [-0.2, 0) is 15.8 Å². The molecule has 0 radical (unpaired) electrons. The maximum atomic E-state index is 12.7. The van der Waals surface area contributed by atoms with Gasteiger partial charge in [0.05, 0.1) is 0 Å². The molecule has 0 saturated carbocycles. The SMILES string of the molecule is Nc1ncnc2c1ncn2C[C@H](CF)OC#P=O. The fraction of sp³-hybridized carbons (Fsp3) is 0.333. The zero-order valence-electron chi connectivity index (χ0n) is 9.15. The second-order valence-corrected chi connectivity index (χ2v) is 3.77. The van der Waals surface area contributed by atoms with Crippen LogP contribution in [-0.4, -0.2) is 32.3 Å². The van der Waals surface area contributed by atoms with Crippen molar-refractivity contribution < 1.29 is 13.7 Å². The van der Waals surface area contributed by atoms with Crippen LogP contribution in [0, 0.1) is 5.81 Å². The van der Waals surface area contributed by atoms with Crippen LogP contribution in [0.2, 0.25) is 0 Å².